The third-order valence-electron chi connectivity index (χ3n) is 6.18. The van der Waals surface area contributed by atoms with Crippen LogP contribution in [0.2, 0.25) is 0 Å². The Morgan fingerprint density at radius 3 is 2.56 bits per heavy atom. The number of carbonyl (C=O) groups excluding carboxylic acids is 2. The highest BCUT2D eigenvalue weighted by Gasteiger charge is 2.31. The SMILES string of the molecule is CC1CN(C(=O)c2cc3ccsc3n2Cc2ccc(F)cc2)CCN1C(=O)Nc1ccccc1. The molecule has 2 aromatic carbocycles. The van der Waals surface area contributed by atoms with E-state index in [-0.39, 0.29) is 23.8 Å². The summed E-state index contributed by atoms with van der Waals surface area (Å²) in [5.74, 6) is -0.336. The van der Waals surface area contributed by atoms with Crippen LogP contribution < -0.4 is 5.32 Å². The first-order valence-corrected chi connectivity index (χ1v) is 12.1. The first kappa shape index (κ1) is 22.2. The summed E-state index contributed by atoms with van der Waals surface area (Å²) in [4.78, 5) is 30.9. The molecule has 0 radical (unpaired) electrons. The number of amides is 3. The summed E-state index contributed by atoms with van der Waals surface area (Å²) in [5.41, 5.74) is 2.29. The number of anilines is 1. The van der Waals surface area contributed by atoms with Crippen LogP contribution in [-0.4, -0.2) is 52.0 Å². The Balaban J connectivity index is 1.32. The summed E-state index contributed by atoms with van der Waals surface area (Å²) in [6, 6.07) is 19.4. The number of nitrogens with zero attached hydrogens (tertiary/aromatic N) is 3. The maximum absolute atomic E-state index is 13.6. The van der Waals surface area contributed by atoms with Gasteiger partial charge < -0.3 is 19.7 Å². The molecule has 0 spiro atoms. The predicted octanol–water partition coefficient (Wildman–Crippen LogP) is 5.27. The van der Waals surface area contributed by atoms with Crippen LogP contribution in [0.1, 0.15) is 23.0 Å². The second-order valence-electron chi connectivity index (χ2n) is 8.51. The molecule has 0 saturated carbocycles. The van der Waals surface area contributed by atoms with Crippen molar-refractivity contribution < 1.29 is 14.0 Å². The highest BCUT2D eigenvalue weighted by atomic mass is 32.1. The molecule has 1 N–H and O–H groups in total. The number of fused-ring (bicyclic) bond motifs is 1. The van der Waals surface area contributed by atoms with Crippen LogP contribution in [0.5, 0.6) is 0 Å². The molecular formula is C26H25FN4O2S. The summed E-state index contributed by atoms with van der Waals surface area (Å²) in [5, 5.41) is 5.95. The fourth-order valence-corrected chi connectivity index (χ4v) is 5.30. The van der Waals surface area contributed by atoms with E-state index in [0.717, 1.165) is 21.5 Å². The van der Waals surface area contributed by atoms with Crippen LogP contribution in [0, 0.1) is 5.82 Å². The lowest BCUT2D eigenvalue weighted by Gasteiger charge is -2.39. The topological polar surface area (TPSA) is 57.6 Å². The fraction of sp³-hybridized carbons (Fsp3) is 0.231. The largest absolute Gasteiger partial charge is 0.334 e. The summed E-state index contributed by atoms with van der Waals surface area (Å²) in [6.45, 7) is 3.82. The van der Waals surface area contributed by atoms with Crippen LogP contribution in [0.4, 0.5) is 14.9 Å². The van der Waals surface area contributed by atoms with Gasteiger partial charge in [-0.25, -0.2) is 9.18 Å². The van der Waals surface area contributed by atoms with Gasteiger partial charge in [0.05, 0.1) is 0 Å². The van der Waals surface area contributed by atoms with Crippen LogP contribution >= 0.6 is 11.3 Å². The third kappa shape index (κ3) is 4.41. The van der Waals surface area contributed by atoms with Crippen molar-refractivity contribution >= 4 is 39.2 Å². The Kier molecular flexibility index (Phi) is 6.06. The number of piperazine rings is 1. The fourth-order valence-electron chi connectivity index (χ4n) is 4.40. The number of para-hydroxylation sites is 1. The third-order valence-corrected chi connectivity index (χ3v) is 7.13. The average molecular weight is 477 g/mol. The predicted molar refractivity (Wildman–Crippen MR) is 133 cm³/mol. The van der Waals surface area contributed by atoms with Crippen molar-refractivity contribution in [2.24, 2.45) is 0 Å². The number of hydrogen-bond acceptors (Lipinski definition) is 3. The summed E-state index contributed by atoms with van der Waals surface area (Å²) >= 11 is 1.58. The van der Waals surface area contributed by atoms with Gasteiger partial charge >= 0.3 is 6.03 Å². The number of hydrogen-bond donors (Lipinski definition) is 1. The number of rotatable bonds is 4. The minimum absolute atomic E-state index is 0.0551. The average Bonchev–Trinajstić information content (AvgIpc) is 3.43. The molecule has 6 nitrogen and oxygen atoms in total. The van der Waals surface area contributed by atoms with Crippen LogP contribution in [0.15, 0.2) is 72.1 Å². The van der Waals surface area contributed by atoms with Crippen LogP contribution in [0.3, 0.4) is 0 Å². The molecule has 1 fully saturated rings. The van der Waals surface area contributed by atoms with Crippen molar-refractivity contribution in [1.82, 2.24) is 14.4 Å². The number of thiophene rings is 1. The van der Waals surface area contributed by atoms with Crippen LogP contribution in [0.25, 0.3) is 10.2 Å². The highest BCUT2D eigenvalue weighted by molar-refractivity contribution is 7.16. The quantitative estimate of drug-likeness (QED) is 0.436. The number of aromatic nitrogens is 1. The normalized spacial score (nSPS) is 16.1. The van der Waals surface area contributed by atoms with Gasteiger partial charge in [0.15, 0.2) is 0 Å². The van der Waals surface area contributed by atoms with Crippen molar-refractivity contribution in [3.05, 3.63) is 89.2 Å². The zero-order valence-corrected chi connectivity index (χ0v) is 19.6. The molecule has 5 rings (SSSR count). The van der Waals surface area contributed by atoms with Gasteiger partial charge in [-0.05, 0) is 54.3 Å². The molecule has 174 valence electrons. The van der Waals surface area contributed by atoms with E-state index in [1.54, 1.807) is 28.4 Å². The highest BCUT2D eigenvalue weighted by Crippen LogP contribution is 2.28. The Bertz CT molecular complexity index is 1320. The lowest BCUT2D eigenvalue weighted by molar-refractivity contribution is 0.0583. The molecule has 1 atom stereocenters. The smallest absolute Gasteiger partial charge is 0.322 e. The summed E-state index contributed by atoms with van der Waals surface area (Å²) < 4.78 is 15.4. The van der Waals surface area contributed by atoms with E-state index in [4.69, 9.17) is 0 Å². The van der Waals surface area contributed by atoms with E-state index < -0.39 is 0 Å². The van der Waals surface area contributed by atoms with Crippen molar-refractivity contribution in [3.63, 3.8) is 0 Å². The van der Waals surface area contributed by atoms with Gasteiger partial charge in [-0.2, -0.15) is 0 Å². The zero-order valence-electron chi connectivity index (χ0n) is 18.8. The lowest BCUT2D eigenvalue weighted by atomic mass is 10.1. The zero-order chi connectivity index (χ0) is 23.7. The molecule has 0 aliphatic carbocycles. The van der Waals surface area contributed by atoms with Gasteiger partial charge in [0.25, 0.3) is 5.91 Å². The number of halogens is 1. The van der Waals surface area contributed by atoms with Gasteiger partial charge in [0, 0.05) is 43.3 Å². The van der Waals surface area contributed by atoms with Gasteiger partial charge in [-0.3, -0.25) is 4.79 Å². The summed E-state index contributed by atoms with van der Waals surface area (Å²) in [7, 11) is 0. The molecule has 2 aromatic heterocycles. The number of carbonyl (C=O) groups is 2. The van der Waals surface area contributed by atoms with E-state index in [2.05, 4.69) is 5.32 Å². The molecule has 1 saturated heterocycles. The van der Waals surface area contributed by atoms with E-state index in [1.165, 1.54) is 12.1 Å². The molecule has 8 heteroatoms. The van der Waals surface area contributed by atoms with Crippen molar-refractivity contribution in [1.29, 1.82) is 0 Å². The lowest BCUT2D eigenvalue weighted by Crippen LogP contribution is -2.56. The summed E-state index contributed by atoms with van der Waals surface area (Å²) in [6.07, 6.45) is 0. The van der Waals surface area contributed by atoms with Crippen molar-refractivity contribution in [2.45, 2.75) is 19.5 Å². The molecule has 1 aliphatic rings. The Morgan fingerprint density at radius 1 is 1.06 bits per heavy atom. The number of benzene rings is 2. The molecule has 3 heterocycles. The number of nitrogens with one attached hydrogen (secondary N) is 1. The molecule has 1 unspecified atom stereocenters. The number of urea groups is 1. The van der Waals surface area contributed by atoms with Crippen LogP contribution in [-0.2, 0) is 6.54 Å². The first-order chi connectivity index (χ1) is 16.5. The van der Waals surface area contributed by atoms with E-state index in [1.807, 2.05) is 64.2 Å². The molecule has 1 aliphatic heterocycles. The first-order valence-electron chi connectivity index (χ1n) is 11.2. The van der Waals surface area contributed by atoms with Crippen molar-refractivity contribution in [2.75, 3.05) is 25.0 Å². The Labute approximate surface area is 201 Å². The maximum Gasteiger partial charge on any atom is 0.322 e. The molecule has 3 amide bonds. The minimum atomic E-state index is -0.281. The molecule has 0 bridgehead atoms. The van der Waals surface area contributed by atoms with Gasteiger partial charge in [-0.15, -0.1) is 11.3 Å². The standard InChI is InChI=1S/C26H25FN4O2S/c1-18-16-29(12-13-30(18)26(33)28-22-5-3-2-4-6-22)24(32)23-15-20-11-14-34-25(20)31(23)17-19-7-9-21(27)10-8-19/h2-11,14-15,18H,12-13,16-17H2,1H3,(H,28,33). The minimum Gasteiger partial charge on any atom is -0.334 e. The van der Waals surface area contributed by atoms with E-state index in [9.17, 15) is 14.0 Å². The van der Waals surface area contributed by atoms with Gasteiger partial charge in [0.1, 0.15) is 16.3 Å². The Morgan fingerprint density at radius 2 is 1.82 bits per heavy atom. The second kappa shape index (κ2) is 9.30. The van der Waals surface area contributed by atoms with Crippen molar-refractivity contribution in [3.8, 4) is 0 Å². The monoisotopic (exact) mass is 476 g/mol. The Hall–Kier alpha value is -3.65. The molecular weight excluding hydrogens is 451 g/mol. The van der Waals surface area contributed by atoms with Gasteiger partial charge in [-0.1, -0.05) is 30.3 Å². The second-order valence-corrected chi connectivity index (χ2v) is 9.41. The van der Waals surface area contributed by atoms with Gasteiger partial charge in [0.2, 0.25) is 0 Å². The van der Waals surface area contributed by atoms with E-state index in [0.29, 0.717) is 31.9 Å². The molecule has 4 aromatic rings. The van der Waals surface area contributed by atoms with E-state index >= 15 is 0 Å². The maximum atomic E-state index is 13.6. The molecule has 34 heavy (non-hydrogen) atoms.